The van der Waals surface area contributed by atoms with E-state index in [1.54, 1.807) is 61.9 Å². The summed E-state index contributed by atoms with van der Waals surface area (Å²) in [7, 11) is 8.39. The third kappa shape index (κ3) is 26.9. The van der Waals surface area contributed by atoms with Crippen molar-refractivity contribution < 1.29 is 76.9 Å². The molecule has 5 rings (SSSR count). The number of aliphatic hydroxyl groups excluding tert-OH is 1. The summed E-state index contributed by atoms with van der Waals surface area (Å²) < 4.78 is 18.2. The van der Waals surface area contributed by atoms with Crippen LogP contribution in [0.15, 0.2) is 66.7 Å². The highest BCUT2D eigenvalue weighted by molar-refractivity contribution is 6.12. The van der Waals surface area contributed by atoms with Gasteiger partial charge in [0.2, 0.25) is 53.2 Å². The lowest BCUT2D eigenvalue weighted by molar-refractivity contribution is -0.151. The van der Waals surface area contributed by atoms with Crippen LogP contribution in [0, 0.1) is 29.6 Å². The van der Waals surface area contributed by atoms with Gasteiger partial charge in [0.05, 0.1) is 54.9 Å². The van der Waals surface area contributed by atoms with E-state index >= 15 is 0 Å². The number of nitrogens with one attached hydrogen (secondary N) is 8. The van der Waals surface area contributed by atoms with Crippen LogP contribution in [0.1, 0.15) is 150 Å². The normalized spacial score (nSPS) is 19.5. The molecule has 0 aromatic heterocycles. The van der Waals surface area contributed by atoms with Crippen LogP contribution in [-0.4, -0.2) is 237 Å². The van der Waals surface area contributed by atoms with Gasteiger partial charge < -0.3 is 77.4 Å². The molecule has 2 fully saturated rings. The van der Waals surface area contributed by atoms with Crippen molar-refractivity contribution in [2.24, 2.45) is 35.3 Å². The number of carbonyl (C=O) groups excluding carboxylic acids is 12. The number of ether oxygens (including phenoxy) is 3. The topological polar surface area (TPSA) is 388 Å². The minimum Gasteiger partial charge on any atom is -0.393 e. The number of methoxy groups -OCH3 is 2. The summed E-state index contributed by atoms with van der Waals surface area (Å²) in [5.41, 5.74) is 7.26. The van der Waals surface area contributed by atoms with Gasteiger partial charge in [-0.15, -0.1) is 0 Å². The number of unbranched alkanes of at least 4 members (excludes halogenated alkanes) is 2. The zero-order valence-electron chi connectivity index (χ0n) is 64.0. The first kappa shape index (κ1) is 87.3. The summed E-state index contributed by atoms with van der Waals surface area (Å²) in [6, 6.07) is 9.67. The molecule has 0 saturated carbocycles. The molecule has 10 unspecified atom stereocenters. The molecule has 13 amide bonds. The molecular weight excluding hydrogens is 1350 g/mol. The minimum absolute atomic E-state index is 0.0101. The Balaban J connectivity index is 1.18. The fourth-order valence-corrected chi connectivity index (χ4v) is 14.0. The van der Waals surface area contributed by atoms with Gasteiger partial charge in [-0.1, -0.05) is 118 Å². The van der Waals surface area contributed by atoms with E-state index in [2.05, 4.69) is 42.5 Å². The fourth-order valence-electron chi connectivity index (χ4n) is 14.0. The van der Waals surface area contributed by atoms with Crippen molar-refractivity contribution in [2.75, 3.05) is 73.4 Å². The number of aliphatic hydroxyl groups is 1. The summed E-state index contributed by atoms with van der Waals surface area (Å²) in [6.07, 6.45) is 2.59. The summed E-state index contributed by atoms with van der Waals surface area (Å²) in [4.78, 5) is 168. The Hall–Kier alpha value is -8.38. The first-order valence-electron chi connectivity index (χ1n) is 37.2. The number of likely N-dealkylation sites (N-methyl/N-ethyl adjacent to an activating group) is 2. The maximum atomic E-state index is 14.7. The molecule has 3 aliphatic rings. The zero-order valence-corrected chi connectivity index (χ0v) is 64.0. The van der Waals surface area contributed by atoms with Gasteiger partial charge in [-0.2, -0.15) is 0 Å². The van der Waals surface area contributed by atoms with Crippen molar-refractivity contribution in [3.63, 3.8) is 0 Å². The highest BCUT2D eigenvalue weighted by Crippen LogP contribution is 2.31. The third-order valence-electron chi connectivity index (χ3n) is 20.0. The molecule has 105 heavy (non-hydrogen) atoms. The monoisotopic (exact) mass is 1470 g/mol. The Morgan fingerprint density at radius 2 is 1.34 bits per heavy atom. The number of likely N-dealkylation sites (tertiary alicyclic amines) is 1. The van der Waals surface area contributed by atoms with Gasteiger partial charge in [0.1, 0.15) is 30.3 Å². The highest BCUT2D eigenvalue weighted by Gasteiger charge is 2.44. The molecule has 3 aliphatic heterocycles. The number of imide groups is 1. The minimum atomic E-state index is -1.17. The molecule has 584 valence electrons. The number of anilines is 1. The predicted octanol–water partition coefficient (Wildman–Crippen LogP) is 3.24. The Morgan fingerprint density at radius 3 is 1.94 bits per heavy atom. The predicted molar refractivity (Wildman–Crippen MR) is 396 cm³/mol. The standard InChI is InChI=1S/C76H119N13O16/c1-15-48(8)67(87(12)75(101)65(46(4)5)85-74(100)66(47(6)7)86(10)11)58(103-13)43-63(94)88-39-23-27-57(88)68(104-14)49(9)69(95)83-56(40-51-24-18-16-19-25-51)70(96)78-37-35-50-29-31-52(32-30-50)81-71(97)55(26-22-36-79-76(77)102)82-73(99)64(45(2)3)84-72(98)59-42-53(90)41-54(105-59)44-80-60(91)28-20-17-21-38-89-61(92)33-34-62(89)93/h16,18-19,24-25,29-34,45-49,53-59,64-68,90H,15,17,20-23,26-28,35-44H2,1-14H3,(H,78,96)(H,80,91)(H,81,97)(H,82,99)(H,83,95)(H,84,98)(H,85,100)(H3,77,79,102)/t48?,49?,53-,54-,55+,56+,57?,58?,59?,64?,65?,66?,67?,68?/m1/s1. The summed E-state index contributed by atoms with van der Waals surface area (Å²) in [6.45, 7) is 17.8. The van der Waals surface area contributed by atoms with Crippen LogP contribution in [-0.2, 0) is 79.8 Å². The lowest BCUT2D eigenvalue weighted by Crippen LogP contribution is -2.59. The number of rotatable bonds is 43. The Bertz CT molecular complexity index is 3220. The Morgan fingerprint density at radius 1 is 0.686 bits per heavy atom. The lowest BCUT2D eigenvalue weighted by Gasteiger charge is -2.41. The molecule has 0 aliphatic carbocycles. The molecule has 29 heteroatoms. The lowest BCUT2D eigenvalue weighted by atomic mass is 9.89. The molecule has 0 bridgehead atoms. The van der Waals surface area contributed by atoms with Gasteiger partial charge >= 0.3 is 6.03 Å². The number of primary amides is 1. The van der Waals surface area contributed by atoms with Crippen molar-refractivity contribution in [1.29, 1.82) is 0 Å². The van der Waals surface area contributed by atoms with Gasteiger partial charge in [0.15, 0.2) is 0 Å². The number of amides is 13. The number of nitrogens with two attached hydrogens (primary N) is 1. The molecule has 14 atom stereocenters. The number of hydrogen-bond donors (Lipinski definition) is 10. The van der Waals surface area contributed by atoms with E-state index in [1.165, 1.54) is 26.4 Å². The molecular formula is C76H119N13O16. The third-order valence-corrected chi connectivity index (χ3v) is 20.0. The fraction of sp³-hybridized carbons (Fsp3) is 0.658. The second-order valence-corrected chi connectivity index (χ2v) is 29.3. The summed E-state index contributed by atoms with van der Waals surface area (Å²) in [5, 5.41) is 33.4. The van der Waals surface area contributed by atoms with E-state index in [1.807, 2.05) is 90.9 Å². The smallest absolute Gasteiger partial charge is 0.312 e. The van der Waals surface area contributed by atoms with Gasteiger partial charge in [-0.25, -0.2) is 4.79 Å². The first-order chi connectivity index (χ1) is 49.8. The van der Waals surface area contributed by atoms with Gasteiger partial charge in [-0.3, -0.25) is 62.5 Å². The maximum absolute atomic E-state index is 14.7. The zero-order chi connectivity index (χ0) is 77.8. The molecule has 2 aromatic carbocycles. The molecule has 3 heterocycles. The largest absolute Gasteiger partial charge is 0.393 e. The van der Waals surface area contributed by atoms with Crippen LogP contribution < -0.4 is 48.3 Å². The quantitative estimate of drug-likeness (QED) is 0.0336. The van der Waals surface area contributed by atoms with E-state index in [-0.39, 0.29) is 124 Å². The summed E-state index contributed by atoms with van der Waals surface area (Å²) in [5.74, 6) is -6.28. The number of benzene rings is 2. The SMILES string of the molecule is CCC(C)C(C(CC(=O)N1CCCC1C(OC)C(C)C(=O)N[C@@H](Cc1ccccc1)C(=O)NCCc1ccc(NC(=O)[C@H](CCCNC(N)=O)NC(=O)C(NC(=O)C2C[C@H](O)C[C@H](CNC(=O)CCCCCN3C(=O)C=CC3=O)O2)C(C)C)cc1)OC)N(C)C(=O)C(NC(=O)C(C(C)C)N(C)C)C(C)C. The van der Waals surface area contributed by atoms with E-state index in [0.717, 1.165) is 16.0 Å². The molecule has 11 N–H and O–H groups in total. The Labute approximate surface area is 619 Å². The molecule has 0 spiro atoms. The maximum Gasteiger partial charge on any atom is 0.312 e. The van der Waals surface area contributed by atoms with Crippen LogP contribution in [0.2, 0.25) is 0 Å². The second kappa shape index (κ2) is 43.3. The van der Waals surface area contributed by atoms with Crippen molar-refractivity contribution >= 4 is 76.7 Å². The second-order valence-electron chi connectivity index (χ2n) is 29.3. The van der Waals surface area contributed by atoms with E-state index in [9.17, 15) is 62.6 Å². The Kier molecular flexibility index (Phi) is 36.0. The van der Waals surface area contributed by atoms with Gasteiger partial charge in [-0.05, 0) is 106 Å². The molecule has 2 aromatic rings. The number of carbonyl (C=O) groups is 12. The number of urea groups is 1. The van der Waals surface area contributed by atoms with E-state index in [0.29, 0.717) is 57.2 Å². The van der Waals surface area contributed by atoms with Crippen molar-refractivity contribution in [1.82, 2.24) is 56.8 Å². The average Bonchev–Trinajstić information content (AvgIpc) is 1.75. The van der Waals surface area contributed by atoms with Crippen LogP contribution in [0.5, 0.6) is 0 Å². The average molecular weight is 1470 g/mol. The molecule has 29 nitrogen and oxygen atoms in total. The van der Waals surface area contributed by atoms with Crippen molar-refractivity contribution in [2.45, 2.75) is 225 Å². The molecule has 0 radical (unpaired) electrons. The van der Waals surface area contributed by atoms with Crippen molar-refractivity contribution in [3.05, 3.63) is 77.9 Å². The highest BCUT2D eigenvalue weighted by atomic mass is 16.5. The van der Waals surface area contributed by atoms with Gasteiger partial charge in [0.25, 0.3) is 11.8 Å². The van der Waals surface area contributed by atoms with E-state index in [4.69, 9.17) is 19.9 Å². The summed E-state index contributed by atoms with van der Waals surface area (Å²) >= 11 is 0. The molecule has 2 saturated heterocycles. The van der Waals surface area contributed by atoms with Crippen LogP contribution >= 0.6 is 0 Å². The van der Waals surface area contributed by atoms with Crippen LogP contribution in [0.25, 0.3) is 0 Å². The van der Waals surface area contributed by atoms with Crippen LogP contribution in [0.4, 0.5) is 10.5 Å². The number of hydrogen-bond acceptors (Lipinski definition) is 17. The number of nitrogens with zero attached hydrogens (tertiary/aromatic N) is 4. The van der Waals surface area contributed by atoms with Gasteiger partial charge in [0, 0.05) is 97.5 Å². The first-order valence-corrected chi connectivity index (χ1v) is 37.2. The van der Waals surface area contributed by atoms with Crippen molar-refractivity contribution in [3.8, 4) is 0 Å². The van der Waals surface area contributed by atoms with E-state index < -0.39 is 120 Å². The van der Waals surface area contributed by atoms with Crippen LogP contribution in [0.3, 0.4) is 0 Å².